The summed E-state index contributed by atoms with van der Waals surface area (Å²) >= 11 is 0. The van der Waals surface area contributed by atoms with Gasteiger partial charge < -0.3 is 4.74 Å². The van der Waals surface area contributed by atoms with Gasteiger partial charge in [0, 0.05) is 6.61 Å². The van der Waals surface area contributed by atoms with Crippen molar-refractivity contribution in [3.05, 3.63) is 24.3 Å². The molecule has 0 bridgehead atoms. The second-order valence-electron chi connectivity index (χ2n) is 6.45. The quantitative estimate of drug-likeness (QED) is 0.634. The Hall–Kier alpha value is -0.700. The van der Waals surface area contributed by atoms with E-state index in [1.54, 1.807) is 0 Å². The zero-order chi connectivity index (χ0) is 14.4. The number of allylic oxidation sites excluding steroid dienone is 2. The van der Waals surface area contributed by atoms with Crippen LogP contribution < -0.4 is 0 Å². The molecule has 0 aromatic carbocycles. The third-order valence-electron chi connectivity index (χ3n) is 4.63. The molecule has 0 aromatic rings. The summed E-state index contributed by atoms with van der Waals surface area (Å²) in [5.41, 5.74) is 0. The average molecular weight is 284 g/mol. The van der Waals surface area contributed by atoms with Crippen molar-refractivity contribution >= 4 is 0 Å². The van der Waals surface area contributed by atoms with Crippen molar-refractivity contribution < 1.29 is 13.5 Å². The summed E-state index contributed by atoms with van der Waals surface area (Å²) in [6.45, 7) is 3.11. The molecule has 0 N–H and O–H groups in total. The Balaban J connectivity index is 1.67. The molecule has 0 amide bonds. The summed E-state index contributed by atoms with van der Waals surface area (Å²) in [5.74, 6) is 1.76. The first kappa shape index (κ1) is 15.7. The van der Waals surface area contributed by atoms with Gasteiger partial charge in [0.05, 0.1) is 6.10 Å². The summed E-state index contributed by atoms with van der Waals surface area (Å²) in [4.78, 5) is 0. The van der Waals surface area contributed by atoms with E-state index in [4.69, 9.17) is 4.74 Å². The largest absolute Gasteiger partial charge is 0.374 e. The molecule has 1 nitrogen and oxygen atoms in total. The van der Waals surface area contributed by atoms with E-state index in [0.29, 0.717) is 30.3 Å². The van der Waals surface area contributed by atoms with Crippen LogP contribution in [0.5, 0.6) is 0 Å². The Morgan fingerprint density at radius 2 is 1.80 bits per heavy atom. The molecule has 2 rings (SSSR count). The van der Waals surface area contributed by atoms with Crippen molar-refractivity contribution in [2.24, 2.45) is 17.8 Å². The fraction of sp³-hybridized carbons (Fsp3) is 0.765. The van der Waals surface area contributed by atoms with Gasteiger partial charge in [-0.15, -0.1) is 0 Å². The van der Waals surface area contributed by atoms with Crippen molar-refractivity contribution in [3.63, 3.8) is 0 Å². The zero-order valence-electron chi connectivity index (χ0n) is 12.4. The summed E-state index contributed by atoms with van der Waals surface area (Å²) < 4.78 is 29.9. The Labute approximate surface area is 121 Å². The Kier molecular flexibility index (Phi) is 6.21. The summed E-state index contributed by atoms with van der Waals surface area (Å²) in [7, 11) is 0. The van der Waals surface area contributed by atoms with Crippen LogP contribution in [0.15, 0.2) is 24.3 Å². The van der Waals surface area contributed by atoms with E-state index >= 15 is 0 Å². The molecule has 2 aliphatic rings. The number of halogens is 2. The molecule has 0 spiro atoms. The number of ether oxygens (including phenoxy) is 1. The van der Waals surface area contributed by atoms with Crippen molar-refractivity contribution in [1.82, 2.24) is 0 Å². The van der Waals surface area contributed by atoms with Crippen molar-refractivity contribution in [3.8, 4) is 0 Å². The molecule has 0 aromatic heterocycles. The minimum absolute atomic E-state index is 0.299. The molecule has 114 valence electrons. The van der Waals surface area contributed by atoms with Crippen LogP contribution >= 0.6 is 0 Å². The van der Waals surface area contributed by atoms with Gasteiger partial charge in [0.2, 0.25) is 0 Å². The first-order chi connectivity index (χ1) is 9.63. The molecule has 1 saturated heterocycles. The molecule has 2 fully saturated rings. The topological polar surface area (TPSA) is 9.23 Å². The van der Waals surface area contributed by atoms with Crippen LogP contribution in [0.1, 0.15) is 51.9 Å². The highest BCUT2D eigenvalue weighted by atomic mass is 19.3. The van der Waals surface area contributed by atoms with Crippen molar-refractivity contribution in [2.75, 3.05) is 6.61 Å². The van der Waals surface area contributed by atoms with Gasteiger partial charge in [0.1, 0.15) is 0 Å². The van der Waals surface area contributed by atoms with Gasteiger partial charge in [-0.2, -0.15) is 8.78 Å². The standard InChI is InChI=1S/C17H26F2O/c1-13-2-9-16(20-12-13)10-7-14-3-5-15(6-4-14)8-11-17(18)19/h7,10-11,13-16H,2-6,8-9,12H2,1H3/b10-7+. The molecule has 3 heteroatoms. The normalized spacial score (nSPS) is 35.1. The maximum absolute atomic E-state index is 12.1. The zero-order valence-corrected chi connectivity index (χ0v) is 12.4. The van der Waals surface area contributed by atoms with Crippen LogP contribution in [-0.2, 0) is 4.74 Å². The predicted octanol–water partition coefficient (Wildman–Crippen LogP) is 5.33. The lowest BCUT2D eigenvalue weighted by Crippen LogP contribution is -2.23. The number of rotatable bonds is 4. The lowest BCUT2D eigenvalue weighted by atomic mass is 9.80. The highest BCUT2D eigenvalue weighted by Crippen LogP contribution is 2.32. The molecule has 2 atom stereocenters. The van der Waals surface area contributed by atoms with Crippen LogP contribution in [0, 0.1) is 17.8 Å². The highest BCUT2D eigenvalue weighted by molar-refractivity contribution is 4.97. The predicted molar refractivity (Wildman–Crippen MR) is 77.6 cm³/mol. The third-order valence-corrected chi connectivity index (χ3v) is 4.63. The van der Waals surface area contributed by atoms with Crippen LogP contribution in [-0.4, -0.2) is 12.7 Å². The Morgan fingerprint density at radius 3 is 2.40 bits per heavy atom. The molecule has 1 aliphatic carbocycles. The van der Waals surface area contributed by atoms with E-state index in [2.05, 4.69) is 19.1 Å². The maximum atomic E-state index is 12.1. The van der Waals surface area contributed by atoms with E-state index < -0.39 is 6.08 Å². The smallest absolute Gasteiger partial charge is 0.266 e. The van der Waals surface area contributed by atoms with Gasteiger partial charge in [-0.05, 0) is 68.8 Å². The van der Waals surface area contributed by atoms with Crippen molar-refractivity contribution in [1.29, 1.82) is 0 Å². The Bertz CT molecular complexity index is 331. The SMILES string of the molecule is CC1CCC(/C=C/C2CCC(CC=C(F)F)CC2)OC1. The molecular formula is C17H26F2O. The first-order valence-electron chi connectivity index (χ1n) is 7.94. The second-order valence-corrected chi connectivity index (χ2v) is 6.45. The fourth-order valence-corrected chi connectivity index (χ4v) is 3.21. The molecule has 0 radical (unpaired) electrons. The maximum Gasteiger partial charge on any atom is 0.266 e. The summed E-state index contributed by atoms with van der Waals surface area (Å²) in [6.07, 6.45) is 11.7. The molecule has 1 heterocycles. The fourth-order valence-electron chi connectivity index (χ4n) is 3.21. The molecule has 1 aliphatic heterocycles. The van der Waals surface area contributed by atoms with Gasteiger partial charge in [-0.25, -0.2) is 0 Å². The number of hydrogen-bond donors (Lipinski definition) is 0. The van der Waals surface area contributed by atoms with E-state index in [9.17, 15) is 8.78 Å². The molecular weight excluding hydrogens is 258 g/mol. The minimum Gasteiger partial charge on any atom is -0.374 e. The second kappa shape index (κ2) is 7.92. The summed E-state index contributed by atoms with van der Waals surface area (Å²) in [5, 5.41) is 0. The monoisotopic (exact) mass is 284 g/mol. The van der Waals surface area contributed by atoms with Gasteiger partial charge >= 0.3 is 0 Å². The van der Waals surface area contributed by atoms with Gasteiger partial charge in [0.25, 0.3) is 6.08 Å². The van der Waals surface area contributed by atoms with Crippen LogP contribution in [0.25, 0.3) is 0 Å². The van der Waals surface area contributed by atoms with Gasteiger partial charge in [-0.1, -0.05) is 19.1 Å². The van der Waals surface area contributed by atoms with E-state index in [0.717, 1.165) is 44.8 Å². The third kappa shape index (κ3) is 5.35. The van der Waals surface area contributed by atoms with Crippen LogP contribution in [0.4, 0.5) is 8.78 Å². The lowest BCUT2D eigenvalue weighted by Gasteiger charge is -2.27. The summed E-state index contributed by atoms with van der Waals surface area (Å²) in [6, 6.07) is 0. The van der Waals surface area contributed by atoms with E-state index in [1.165, 1.54) is 6.42 Å². The van der Waals surface area contributed by atoms with E-state index in [1.807, 2.05) is 0 Å². The molecule has 2 unspecified atom stereocenters. The van der Waals surface area contributed by atoms with Gasteiger partial charge in [-0.3, -0.25) is 0 Å². The van der Waals surface area contributed by atoms with Crippen LogP contribution in [0.2, 0.25) is 0 Å². The van der Waals surface area contributed by atoms with E-state index in [-0.39, 0.29) is 0 Å². The minimum atomic E-state index is -1.53. The Morgan fingerprint density at radius 1 is 1.05 bits per heavy atom. The molecule has 1 saturated carbocycles. The first-order valence-corrected chi connectivity index (χ1v) is 7.94. The lowest BCUT2D eigenvalue weighted by molar-refractivity contribution is 0.0162. The van der Waals surface area contributed by atoms with Crippen LogP contribution in [0.3, 0.4) is 0 Å². The average Bonchev–Trinajstić information content (AvgIpc) is 2.45. The van der Waals surface area contributed by atoms with Crippen molar-refractivity contribution in [2.45, 2.75) is 58.0 Å². The number of hydrogen-bond acceptors (Lipinski definition) is 1. The van der Waals surface area contributed by atoms with Gasteiger partial charge in [0.15, 0.2) is 0 Å². The highest BCUT2D eigenvalue weighted by Gasteiger charge is 2.20. The molecule has 20 heavy (non-hydrogen) atoms.